The van der Waals surface area contributed by atoms with Crippen LogP contribution in [0.15, 0.2) is 54.6 Å². The Morgan fingerprint density at radius 2 is 1.56 bits per heavy atom. The van der Waals surface area contributed by atoms with Crippen LogP contribution in [0.5, 0.6) is 0 Å². The van der Waals surface area contributed by atoms with Gasteiger partial charge in [0, 0.05) is 18.3 Å². The van der Waals surface area contributed by atoms with Crippen LogP contribution in [0.25, 0.3) is 6.08 Å². The summed E-state index contributed by atoms with van der Waals surface area (Å²) in [6.07, 6.45) is 4.57. The highest BCUT2D eigenvalue weighted by Crippen LogP contribution is 2.17. The summed E-state index contributed by atoms with van der Waals surface area (Å²) in [4.78, 5) is 16.8. The molecule has 0 aliphatic carbocycles. The van der Waals surface area contributed by atoms with E-state index >= 15 is 0 Å². The monoisotopic (exact) mass is 336 g/mol. The van der Waals surface area contributed by atoms with E-state index in [0.717, 1.165) is 24.2 Å². The van der Waals surface area contributed by atoms with Crippen LogP contribution in [0.1, 0.15) is 23.1 Å². The zero-order valence-corrected chi connectivity index (χ0v) is 15.7. The Labute approximate surface area is 151 Å². The number of hydrogen-bond acceptors (Lipinski definition) is 2. The SMILES string of the molecule is Cc1cccc(C)c1C=CC(=O)N(CCCN(C)C)c1ccccc1. The maximum absolute atomic E-state index is 12.8. The molecule has 0 aromatic heterocycles. The van der Waals surface area contributed by atoms with Crippen LogP contribution in [0, 0.1) is 13.8 Å². The highest BCUT2D eigenvalue weighted by atomic mass is 16.2. The van der Waals surface area contributed by atoms with Crippen LogP contribution in [0.3, 0.4) is 0 Å². The van der Waals surface area contributed by atoms with Gasteiger partial charge in [-0.1, -0.05) is 36.4 Å². The molecule has 3 nitrogen and oxygen atoms in total. The maximum Gasteiger partial charge on any atom is 0.250 e. The Morgan fingerprint density at radius 1 is 0.920 bits per heavy atom. The maximum atomic E-state index is 12.8. The van der Waals surface area contributed by atoms with E-state index in [-0.39, 0.29) is 5.91 Å². The van der Waals surface area contributed by atoms with Gasteiger partial charge < -0.3 is 9.80 Å². The summed E-state index contributed by atoms with van der Waals surface area (Å²) in [6.45, 7) is 5.81. The second-order valence-electron chi connectivity index (χ2n) is 6.62. The number of carbonyl (C=O) groups is 1. The predicted molar refractivity (Wildman–Crippen MR) is 107 cm³/mol. The van der Waals surface area contributed by atoms with Gasteiger partial charge in [0.1, 0.15) is 0 Å². The number of carbonyl (C=O) groups excluding carboxylic acids is 1. The summed E-state index contributed by atoms with van der Waals surface area (Å²) >= 11 is 0. The zero-order chi connectivity index (χ0) is 18.2. The zero-order valence-electron chi connectivity index (χ0n) is 15.7. The first-order valence-corrected chi connectivity index (χ1v) is 8.74. The summed E-state index contributed by atoms with van der Waals surface area (Å²) < 4.78 is 0. The van der Waals surface area contributed by atoms with E-state index in [1.165, 1.54) is 11.1 Å². The third-order valence-corrected chi connectivity index (χ3v) is 4.26. The topological polar surface area (TPSA) is 23.6 Å². The third-order valence-electron chi connectivity index (χ3n) is 4.26. The summed E-state index contributed by atoms with van der Waals surface area (Å²) in [5.74, 6) is 0.0209. The Morgan fingerprint density at radius 3 is 2.16 bits per heavy atom. The number of rotatable bonds is 7. The molecule has 132 valence electrons. The van der Waals surface area contributed by atoms with Crippen molar-refractivity contribution >= 4 is 17.7 Å². The van der Waals surface area contributed by atoms with Crippen molar-refractivity contribution in [1.82, 2.24) is 4.90 Å². The van der Waals surface area contributed by atoms with Crippen molar-refractivity contribution in [3.05, 3.63) is 71.3 Å². The fraction of sp³-hybridized carbons (Fsp3) is 0.318. The first-order chi connectivity index (χ1) is 12.0. The van der Waals surface area contributed by atoms with Gasteiger partial charge in [0.15, 0.2) is 0 Å². The van der Waals surface area contributed by atoms with Gasteiger partial charge in [0.2, 0.25) is 0 Å². The minimum Gasteiger partial charge on any atom is -0.309 e. The molecule has 0 aliphatic rings. The Balaban J connectivity index is 2.18. The number of benzene rings is 2. The van der Waals surface area contributed by atoms with Crippen molar-refractivity contribution in [3.8, 4) is 0 Å². The van der Waals surface area contributed by atoms with E-state index in [1.807, 2.05) is 47.4 Å². The Bertz CT molecular complexity index is 700. The van der Waals surface area contributed by atoms with Crippen LogP contribution in [-0.4, -0.2) is 38.0 Å². The fourth-order valence-electron chi connectivity index (χ4n) is 2.85. The van der Waals surface area contributed by atoms with Gasteiger partial charge in [-0.3, -0.25) is 4.79 Å². The summed E-state index contributed by atoms with van der Waals surface area (Å²) in [6, 6.07) is 16.1. The lowest BCUT2D eigenvalue weighted by Crippen LogP contribution is -2.32. The van der Waals surface area contributed by atoms with Gasteiger partial charge >= 0.3 is 0 Å². The quantitative estimate of drug-likeness (QED) is 0.704. The molecule has 0 spiro atoms. The molecule has 2 aromatic rings. The number of para-hydroxylation sites is 1. The molecule has 1 amide bonds. The number of nitrogens with zero attached hydrogens (tertiary/aromatic N) is 2. The highest BCUT2D eigenvalue weighted by Gasteiger charge is 2.13. The molecule has 0 bridgehead atoms. The molecule has 0 heterocycles. The average Bonchev–Trinajstić information content (AvgIpc) is 2.58. The molecular weight excluding hydrogens is 308 g/mol. The second kappa shape index (κ2) is 9.19. The van der Waals surface area contributed by atoms with E-state index < -0.39 is 0 Å². The van der Waals surface area contributed by atoms with Gasteiger partial charge in [0.05, 0.1) is 0 Å². The van der Waals surface area contributed by atoms with Crippen LogP contribution in [-0.2, 0) is 4.79 Å². The number of aryl methyl sites for hydroxylation is 2. The Hall–Kier alpha value is -2.39. The smallest absolute Gasteiger partial charge is 0.250 e. The van der Waals surface area contributed by atoms with Crippen LogP contribution in [0.2, 0.25) is 0 Å². The minimum atomic E-state index is 0.0209. The van der Waals surface area contributed by atoms with E-state index in [1.54, 1.807) is 6.08 Å². The minimum absolute atomic E-state index is 0.0209. The summed E-state index contributed by atoms with van der Waals surface area (Å²) in [5, 5.41) is 0. The van der Waals surface area contributed by atoms with E-state index in [9.17, 15) is 4.79 Å². The molecule has 0 saturated carbocycles. The number of hydrogen-bond donors (Lipinski definition) is 0. The van der Waals surface area contributed by atoms with Crippen molar-refractivity contribution in [2.24, 2.45) is 0 Å². The molecule has 0 radical (unpaired) electrons. The number of anilines is 1. The fourth-order valence-corrected chi connectivity index (χ4v) is 2.85. The number of amides is 1. The van der Waals surface area contributed by atoms with Gasteiger partial charge in [-0.25, -0.2) is 0 Å². The van der Waals surface area contributed by atoms with Crippen molar-refractivity contribution in [2.75, 3.05) is 32.1 Å². The predicted octanol–water partition coefficient (Wildman–Crippen LogP) is 4.30. The molecular formula is C22H28N2O. The third kappa shape index (κ3) is 5.57. The van der Waals surface area contributed by atoms with Crippen LogP contribution >= 0.6 is 0 Å². The molecule has 0 N–H and O–H groups in total. The largest absolute Gasteiger partial charge is 0.309 e. The summed E-state index contributed by atoms with van der Waals surface area (Å²) in [7, 11) is 4.10. The molecule has 25 heavy (non-hydrogen) atoms. The van der Waals surface area contributed by atoms with Crippen LogP contribution in [0.4, 0.5) is 5.69 Å². The lowest BCUT2D eigenvalue weighted by Gasteiger charge is -2.22. The molecule has 0 aliphatic heterocycles. The Kier molecular flexibility index (Phi) is 6.96. The molecule has 2 rings (SSSR count). The molecule has 0 unspecified atom stereocenters. The normalized spacial score (nSPS) is 11.2. The van der Waals surface area contributed by atoms with Gasteiger partial charge in [-0.15, -0.1) is 0 Å². The average molecular weight is 336 g/mol. The van der Waals surface area contributed by atoms with E-state index in [2.05, 4.69) is 45.0 Å². The molecule has 3 heteroatoms. The first-order valence-electron chi connectivity index (χ1n) is 8.74. The second-order valence-corrected chi connectivity index (χ2v) is 6.62. The van der Waals surface area contributed by atoms with E-state index in [4.69, 9.17) is 0 Å². The lowest BCUT2D eigenvalue weighted by molar-refractivity contribution is -0.114. The van der Waals surface area contributed by atoms with Crippen LogP contribution < -0.4 is 4.90 Å². The van der Waals surface area contributed by atoms with Crippen molar-refractivity contribution in [2.45, 2.75) is 20.3 Å². The molecule has 0 fully saturated rings. The van der Waals surface area contributed by atoms with Gasteiger partial charge in [-0.05, 0) is 75.8 Å². The standard InChI is InChI=1S/C22H28N2O/c1-18-10-8-11-19(2)21(18)14-15-22(25)24(17-9-16-23(3)4)20-12-6-5-7-13-20/h5-8,10-15H,9,16-17H2,1-4H3. The summed E-state index contributed by atoms with van der Waals surface area (Å²) in [5.41, 5.74) is 4.43. The highest BCUT2D eigenvalue weighted by molar-refractivity contribution is 6.04. The van der Waals surface area contributed by atoms with E-state index in [0.29, 0.717) is 6.54 Å². The molecule has 0 atom stereocenters. The van der Waals surface area contributed by atoms with Crippen molar-refractivity contribution in [3.63, 3.8) is 0 Å². The van der Waals surface area contributed by atoms with Gasteiger partial charge in [0.25, 0.3) is 5.91 Å². The molecule has 0 saturated heterocycles. The first kappa shape index (κ1) is 18.9. The molecule has 2 aromatic carbocycles. The lowest BCUT2D eigenvalue weighted by atomic mass is 10.0. The van der Waals surface area contributed by atoms with Crippen molar-refractivity contribution < 1.29 is 4.79 Å². The van der Waals surface area contributed by atoms with Gasteiger partial charge in [-0.2, -0.15) is 0 Å². The van der Waals surface area contributed by atoms with Crippen molar-refractivity contribution in [1.29, 1.82) is 0 Å².